The van der Waals surface area contributed by atoms with Crippen molar-refractivity contribution in [3.05, 3.63) is 72.9 Å². The topological polar surface area (TPSA) is 89.8 Å². The van der Waals surface area contributed by atoms with Crippen LogP contribution in [0.2, 0.25) is 0 Å². The van der Waals surface area contributed by atoms with Gasteiger partial charge in [0.1, 0.15) is 0 Å². The molecule has 2 unspecified atom stereocenters. The molecule has 0 aromatic rings. The molecular weight excluding hydrogens is 366 g/mol. The first-order valence-electron chi connectivity index (χ1n) is 10.3. The van der Waals surface area contributed by atoms with Gasteiger partial charge in [-0.3, -0.25) is 4.79 Å². The zero-order valence-electron chi connectivity index (χ0n) is 17.5. The van der Waals surface area contributed by atoms with Gasteiger partial charge in [0.05, 0.1) is 18.8 Å². The van der Waals surface area contributed by atoms with Crippen LogP contribution in [-0.4, -0.2) is 46.6 Å². The molecule has 0 aliphatic heterocycles. The first kappa shape index (κ1) is 26.8. The average Bonchev–Trinajstić information content (AvgIpc) is 2.71. The van der Waals surface area contributed by atoms with Gasteiger partial charge in [0.2, 0.25) is 5.91 Å². The molecule has 4 N–H and O–H groups in total. The molecule has 0 bridgehead atoms. The maximum Gasteiger partial charge on any atom is 0.220 e. The summed E-state index contributed by atoms with van der Waals surface area (Å²) < 4.78 is 0. The van der Waals surface area contributed by atoms with E-state index in [1.54, 1.807) is 24.3 Å². The van der Waals surface area contributed by atoms with Crippen LogP contribution >= 0.6 is 0 Å². The van der Waals surface area contributed by atoms with Gasteiger partial charge in [0, 0.05) is 13.0 Å². The van der Waals surface area contributed by atoms with Crippen molar-refractivity contribution in [3.63, 3.8) is 0 Å². The number of hydrogen-bond donors (Lipinski definition) is 4. The summed E-state index contributed by atoms with van der Waals surface area (Å²) in [4.78, 5) is 11.3. The summed E-state index contributed by atoms with van der Waals surface area (Å²) in [5, 5.41) is 30.8. The lowest BCUT2D eigenvalue weighted by Gasteiger charge is -2.00. The number of nitrogens with one attached hydrogen (secondary N) is 1. The first-order valence-corrected chi connectivity index (χ1v) is 10.3. The Balaban J connectivity index is 3.85. The van der Waals surface area contributed by atoms with E-state index < -0.39 is 12.2 Å². The normalized spacial score (nSPS) is 15.0. The Labute approximate surface area is 175 Å². The van der Waals surface area contributed by atoms with Crippen LogP contribution in [0.3, 0.4) is 0 Å². The number of aliphatic hydroxyl groups excluding tert-OH is 3. The summed E-state index contributed by atoms with van der Waals surface area (Å²) in [7, 11) is 0. The zero-order valence-corrected chi connectivity index (χ0v) is 17.5. The van der Waals surface area contributed by atoms with Crippen LogP contribution in [0.1, 0.15) is 45.4 Å². The Hall–Kier alpha value is -2.21. The fourth-order valence-corrected chi connectivity index (χ4v) is 2.20. The van der Waals surface area contributed by atoms with Crippen molar-refractivity contribution in [3.8, 4) is 0 Å². The van der Waals surface area contributed by atoms with Crippen LogP contribution in [0, 0.1) is 0 Å². The molecule has 29 heavy (non-hydrogen) atoms. The maximum absolute atomic E-state index is 11.3. The number of rotatable bonds is 16. The highest BCUT2D eigenvalue weighted by atomic mass is 16.3. The standard InChI is InChI=1S/C24H37NO4/c1-2-3-10-15-22(27)17-12-8-9-13-18-23(28)16-11-6-4-5-7-14-19-24(29)25-20-21-26/h3,5-13,17-18,22-23,26-28H,2,4,14-16,19-21H2,1H3,(H,25,29)/b7-5-,9-8-,10-3-,11-6-,17-12?,18-13?. The predicted octanol–water partition coefficient (Wildman–Crippen LogP) is 3.51. The Bertz CT molecular complexity index is 573. The molecule has 162 valence electrons. The van der Waals surface area contributed by atoms with Crippen LogP contribution in [0.4, 0.5) is 0 Å². The largest absolute Gasteiger partial charge is 0.395 e. The molecule has 2 atom stereocenters. The van der Waals surface area contributed by atoms with E-state index in [0.717, 1.165) is 12.8 Å². The molecule has 0 rings (SSSR count). The zero-order chi connectivity index (χ0) is 21.6. The maximum atomic E-state index is 11.3. The molecule has 0 fully saturated rings. The highest BCUT2D eigenvalue weighted by Gasteiger charge is 1.97. The van der Waals surface area contributed by atoms with E-state index in [4.69, 9.17) is 5.11 Å². The van der Waals surface area contributed by atoms with Crippen molar-refractivity contribution in [2.75, 3.05) is 13.2 Å². The first-order chi connectivity index (χ1) is 14.1. The number of carbonyl (C=O) groups is 1. The highest BCUT2D eigenvalue weighted by Crippen LogP contribution is 2.00. The lowest BCUT2D eigenvalue weighted by molar-refractivity contribution is -0.121. The van der Waals surface area contributed by atoms with E-state index in [-0.39, 0.29) is 12.5 Å². The lowest BCUT2D eigenvalue weighted by Crippen LogP contribution is -2.25. The summed E-state index contributed by atoms with van der Waals surface area (Å²) >= 11 is 0. The van der Waals surface area contributed by atoms with Gasteiger partial charge in [0.15, 0.2) is 0 Å². The number of aliphatic hydroxyl groups is 3. The molecule has 5 heteroatoms. The van der Waals surface area contributed by atoms with Crippen LogP contribution < -0.4 is 5.32 Å². The van der Waals surface area contributed by atoms with E-state index in [9.17, 15) is 15.0 Å². The van der Waals surface area contributed by atoms with E-state index in [1.807, 2.05) is 48.6 Å². The molecule has 1 amide bonds. The molecule has 0 saturated heterocycles. The summed E-state index contributed by atoms with van der Waals surface area (Å²) in [5.41, 5.74) is 0. The second kappa shape index (κ2) is 20.5. The second-order valence-electron chi connectivity index (χ2n) is 6.43. The summed E-state index contributed by atoms with van der Waals surface area (Å²) in [6.07, 6.45) is 25.5. The van der Waals surface area contributed by atoms with Gasteiger partial charge < -0.3 is 20.6 Å². The summed E-state index contributed by atoms with van der Waals surface area (Å²) in [6.45, 7) is 2.32. The van der Waals surface area contributed by atoms with Crippen LogP contribution in [-0.2, 0) is 4.79 Å². The van der Waals surface area contributed by atoms with E-state index >= 15 is 0 Å². The minimum absolute atomic E-state index is 0.0396. The SMILES string of the molecule is CC/C=C\CC(O)C=C/C=C\C=CC(O)C/C=C\C/C=C\CCC(=O)NCCO. The lowest BCUT2D eigenvalue weighted by atomic mass is 10.2. The Kier molecular flexibility index (Phi) is 19.0. The molecule has 0 heterocycles. The summed E-state index contributed by atoms with van der Waals surface area (Å²) in [5.74, 6) is -0.0565. The fraction of sp³-hybridized carbons (Fsp3) is 0.458. The molecule has 0 aliphatic carbocycles. The monoisotopic (exact) mass is 403 g/mol. The third-order valence-corrected chi connectivity index (χ3v) is 3.73. The van der Waals surface area contributed by atoms with Gasteiger partial charge in [0.25, 0.3) is 0 Å². The van der Waals surface area contributed by atoms with Gasteiger partial charge in [-0.1, -0.05) is 79.8 Å². The molecule has 5 nitrogen and oxygen atoms in total. The Morgan fingerprint density at radius 2 is 1.45 bits per heavy atom. The molecular formula is C24H37NO4. The van der Waals surface area contributed by atoms with Crippen molar-refractivity contribution in [2.24, 2.45) is 0 Å². The molecule has 0 aromatic heterocycles. The number of carbonyl (C=O) groups excluding carboxylic acids is 1. The van der Waals surface area contributed by atoms with Crippen molar-refractivity contribution in [1.29, 1.82) is 0 Å². The molecule has 0 spiro atoms. The molecule has 0 aliphatic rings. The van der Waals surface area contributed by atoms with E-state index in [2.05, 4.69) is 12.2 Å². The van der Waals surface area contributed by atoms with Crippen molar-refractivity contribution >= 4 is 5.91 Å². The Morgan fingerprint density at radius 3 is 2.03 bits per heavy atom. The number of amides is 1. The van der Waals surface area contributed by atoms with Crippen LogP contribution in [0.25, 0.3) is 0 Å². The molecule has 0 saturated carbocycles. The fourth-order valence-electron chi connectivity index (χ4n) is 2.20. The van der Waals surface area contributed by atoms with Gasteiger partial charge in [-0.25, -0.2) is 0 Å². The number of hydrogen-bond acceptors (Lipinski definition) is 4. The van der Waals surface area contributed by atoms with Crippen molar-refractivity contribution in [2.45, 2.75) is 57.7 Å². The molecule has 0 aromatic carbocycles. The average molecular weight is 404 g/mol. The highest BCUT2D eigenvalue weighted by molar-refractivity contribution is 5.75. The van der Waals surface area contributed by atoms with Gasteiger partial charge in [-0.05, 0) is 32.1 Å². The minimum atomic E-state index is -0.538. The second-order valence-corrected chi connectivity index (χ2v) is 6.43. The minimum Gasteiger partial charge on any atom is -0.395 e. The van der Waals surface area contributed by atoms with Gasteiger partial charge >= 0.3 is 0 Å². The summed E-state index contributed by atoms with van der Waals surface area (Å²) in [6, 6.07) is 0. The Morgan fingerprint density at radius 1 is 0.862 bits per heavy atom. The van der Waals surface area contributed by atoms with Crippen LogP contribution in [0.15, 0.2) is 72.9 Å². The third kappa shape index (κ3) is 20.3. The van der Waals surface area contributed by atoms with Crippen LogP contribution in [0.5, 0.6) is 0 Å². The smallest absolute Gasteiger partial charge is 0.220 e. The number of allylic oxidation sites excluding steroid dienone is 8. The quantitative estimate of drug-likeness (QED) is 0.234. The van der Waals surface area contributed by atoms with Crippen molar-refractivity contribution < 1.29 is 20.1 Å². The predicted molar refractivity (Wildman–Crippen MR) is 120 cm³/mol. The van der Waals surface area contributed by atoms with Gasteiger partial charge in [-0.15, -0.1) is 0 Å². The van der Waals surface area contributed by atoms with E-state index in [0.29, 0.717) is 32.2 Å². The van der Waals surface area contributed by atoms with E-state index in [1.165, 1.54) is 0 Å². The third-order valence-electron chi connectivity index (χ3n) is 3.73. The van der Waals surface area contributed by atoms with Crippen molar-refractivity contribution in [1.82, 2.24) is 5.32 Å². The molecule has 0 radical (unpaired) electrons. The van der Waals surface area contributed by atoms with Gasteiger partial charge in [-0.2, -0.15) is 0 Å².